The van der Waals surface area contributed by atoms with Gasteiger partial charge in [0.05, 0.1) is 10.6 Å². The molecule has 0 saturated heterocycles. The molecule has 1 unspecified atom stereocenters. The smallest absolute Gasteiger partial charge is 0.0789 e. The van der Waals surface area contributed by atoms with Gasteiger partial charge >= 0.3 is 0 Å². The van der Waals surface area contributed by atoms with Crippen LogP contribution in [0.5, 0.6) is 0 Å². The third-order valence-corrected chi connectivity index (χ3v) is 4.45. The third-order valence-electron chi connectivity index (χ3n) is 3.69. The van der Waals surface area contributed by atoms with Crippen molar-refractivity contribution in [2.45, 2.75) is 24.8 Å². The van der Waals surface area contributed by atoms with E-state index in [1.165, 1.54) is 27.7 Å². The van der Waals surface area contributed by atoms with Crippen molar-refractivity contribution in [3.05, 3.63) is 46.5 Å². The summed E-state index contributed by atoms with van der Waals surface area (Å²) in [7, 11) is 2.05. The summed E-state index contributed by atoms with van der Waals surface area (Å²) in [5, 5.41) is 7.71. The molecule has 1 aromatic carbocycles. The molecule has 0 aliphatic heterocycles. The zero-order chi connectivity index (χ0) is 11.7. The Balaban J connectivity index is 0.00000120. The number of benzene rings is 1. The quantitative estimate of drug-likeness (QED) is 0.919. The molecule has 1 atom stereocenters. The zero-order valence-corrected chi connectivity index (χ0v) is 11.9. The van der Waals surface area contributed by atoms with Crippen LogP contribution in [0.4, 0.5) is 0 Å². The molecule has 1 N–H and O–H groups in total. The predicted octanol–water partition coefficient (Wildman–Crippen LogP) is 2.56. The van der Waals surface area contributed by atoms with Crippen LogP contribution in [0.3, 0.4) is 0 Å². The summed E-state index contributed by atoms with van der Waals surface area (Å²) >= 11 is 1.54. The summed E-state index contributed by atoms with van der Waals surface area (Å²) < 4.78 is 4.06. The van der Waals surface area contributed by atoms with Crippen LogP contribution in [-0.2, 0) is 18.4 Å². The summed E-state index contributed by atoms with van der Waals surface area (Å²) in [5.74, 6) is 0. The fourth-order valence-corrected chi connectivity index (χ4v) is 3.40. The Bertz CT molecular complexity index is 514. The average molecular weight is 282 g/mol. The van der Waals surface area contributed by atoms with Crippen molar-refractivity contribution in [2.24, 2.45) is 0 Å². The Morgan fingerprint density at radius 3 is 2.78 bits per heavy atom. The Morgan fingerprint density at radius 1 is 1.28 bits per heavy atom. The van der Waals surface area contributed by atoms with Crippen LogP contribution in [0.1, 0.15) is 22.6 Å². The van der Waals surface area contributed by atoms with E-state index in [0.717, 1.165) is 19.3 Å². The molecule has 0 bridgehead atoms. The van der Waals surface area contributed by atoms with Crippen molar-refractivity contribution in [1.82, 2.24) is 14.9 Å². The van der Waals surface area contributed by atoms with Crippen molar-refractivity contribution in [2.75, 3.05) is 7.05 Å². The number of fused-ring (bicyclic) bond motifs is 1. The summed E-state index contributed by atoms with van der Waals surface area (Å²) in [5.41, 5.74) is 2.61. The highest BCUT2D eigenvalue weighted by molar-refractivity contribution is 7.05. The van der Waals surface area contributed by atoms with Crippen molar-refractivity contribution in [3.8, 4) is 0 Å². The first-order valence-electron chi connectivity index (χ1n) is 5.89. The topological polar surface area (TPSA) is 37.8 Å². The Labute approximate surface area is 117 Å². The Kier molecular flexibility index (Phi) is 4.00. The number of rotatable bonds is 2. The van der Waals surface area contributed by atoms with Crippen LogP contribution in [0.25, 0.3) is 0 Å². The average Bonchev–Trinajstić information content (AvgIpc) is 2.86. The normalized spacial score (nSPS) is 22.1. The van der Waals surface area contributed by atoms with Crippen molar-refractivity contribution >= 4 is 23.9 Å². The number of nitrogens with one attached hydrogen (secondary N) is 1. The van der Waals surface area contributed by atoms with E-state index < -0.39 is 0 Å². The molecule has 1 aliphatic rings. The van der Waals surface area contributed by atoms with Gasteiger partial charge in [-0.1, -0.05) is 34.8 Å². The predicted molar refractivity (Wildman–Crippen MR) is 76.4 cm³/mol. The lowest BCUT2D eigenvalue weighted by Crippen LogP contribution is -2.44. The molecule has 1 aliphatic carbocycles. The summed E-state index contributed by atoms with van der Waals surface area (Å²) in [6, 6.07) is 10.7. The summed E-state index contributed by atoms with van der Waals surface area (Å²) in [6.45, 7) is 0. The minimum absolute atomic E-state index is 0. The first-order chi connectivity index (χ1) is 8.34. The standard InChI is InChI=1S/C13H15N3S.ClH/c1-14-13(10-5-3-2-4-6-10)8-7-11-12(9-13)17-16-15-11;/h2-6,14H,7-9H2,1H3;1H. The van der Waals surface area contributed by atoms with E-state index in [9.17, 15) is 0 Å². The number of aryl methyl sites for hydroxylation is 1. The largest absolute Gasteiger partial charge is 0.310 e. The molecule has 0 amide bonds. The molecule has 0 saturated carbocycles. The first kappa shape index (κ1) is 13.5. The van der Waals surface area contributed by atoms with E-state index in [0.29, 0.717) is 0 Å². The van der Waals surface area contributed by atoms with Gasteiger partial charge in [0, 0.05) is 12.0 Å². The molecule has 5 heteroatoms. The molecule has 2 aromatic rings. The van der Waals surface area contributed by atoms with E-state index in [2.05, 4.69) is 45.2 Å². The number of aromatic nitrogens is 2. The lowest BCUT2D eigenvalue weighted by Gasteiger charge is -2.36. The highest BCUT2D eigenvalue weighted by Crippen LogP contribution is 2.36. The number of likely N-dealkylation sites (N-methyl/N-ethyl adjacent to an activating group) is 1. The second kappa shape index (κ2) is 5.34. The van der Waals surface area contributed by atoms with Crippen LogP contribution < -0.4 is 5.32 Å². The monoisotopic (exact) mass is 281 g/mol. The van der Waals surface area contributed by atoms with Crippen LogP contribution >= 0.6 is 23.9 Å². The number of hydrogen-bond acceptors (Lipinski definition) is 4. The molecule has 1 heterocycles. The van der Waals surface area contributed by atoms with Gasteiger partial charge in [-0.15, -0.1) is 17.5 Å². The van der Waals surface area contributed by atoms with Crippen LogP contribution in [0.15, 0.2) is 30.3 Å². The van der Waals surface area contributed by atoms with Gasteiger partial charge in [-0.25, -0.2) is 0 Å². The minimum atomic E-state index is 0. The lowest BCUT2D eigenvalue weighted by molar-refractivity contribution is 0.315. The summed E-state index contributed by atoms with van der Waals surface area (Å²) in [4.78, 5) is 1.33. The maximum Gasteiger partial charge on any atom is 0.0789 e. The van der Waals surface area contributed by atoms with E-state index in [-0.39, 0.29) is 17.9 Å². The molecular weight excluding hydrogens is 266 g/mol. The maximum atomic E-state index is 4.19. The van der Waals surface area contributed by atoms with Gasteiger partial charge in [0.25, 0.3) is 0 Å². The molecule has 3 nitrogen and oxygen atoms in total. The van der Waals surface area contributed by atoms with Crippen LogP contribution in [0.2, 0.25) is 0 Å². The Hall–Kier alpha value is -0.970. The van der Waals surface area contributed by atoms with E-state index in [4.69, 9.17) is 0 Å². The molecule has 3 rings (SSSR count). The molecule has 18 heavy (non-hydrogen) atoms. The molecule has 96 valence electrons. The molecule has 0 fully saturated rings. The highest BCUT2D eigenvalue weighted by atomic mass is 35.5. The van der Waals surface area contributed by atoms with Gasteiger partial charge in [0.2, 0.25) is 0 Å². The van der Waals surface area contributed by atoms with E-state index in [1.807, 2.05) is 7.05 Å². The van der Waals surface area contributed by atoms with Gasteiger partial charge in [-0.05, 0) is 37.0 Å². The Morgan fingerprint density at radius 2 is 2.06 bits per heavy atom. The van der Waals surface area contributed by atoms with Crippen LogP contribution in [-0.4, -0.2) is 16.6 Å². The minimum Gasteiger partial charge on any atom is -0.310 e. The van der Waals surface area contributed by atoms with Crippen molar-refractivity contribution in [1.29, 1.82) is 0 Å². The van der Waals surface area contributed by atoms with Gasteiger partial charge < -0.3 is 5.32 Å². The summed E-state index contributed by atoms with van der Waals surface area (Å²) in [6.07, 6.45) is 3.11. The molecule has 0 spiro atoms. The van der Waals surface area contributed by atoms with E-state index >= 15 is 0 Å². The van der Waals surface area contributed by atoms with Crippen molar-refractivity contribution < 1.29 is 0 Å². The fraction of sp³-hybridized carbons (Fsp3) is 0.385. The van der Waals surface area contributed by atoms with Gasteiger partial charge in [0.1, 0.15) is 0 Å². The third kappa shape index (κ3) is 2.16. The molecular formula is C13H16ClN3S. The second-order valence-corrected chi connectivity index (χ2v) is 5.36. The molecule has 0 radical (unpaired) electrons. The SMILES string of the molecule is CNC1(c2ccccc2)CCc2nnsc2C1.Cl. The van der Waals surface area contributed by atoms with E-state index in [1.54, 1.807) is 0 Å². The lowest BCUT2D eigenvalue weighted by atomic mass is 9.78. The van der Waals surface area contributed by atoms with Crippen LogP contribution in [0, 0.1) is 0 Å². The zero-order valence-electron chi connectivity index (χ0n) is 10.2. The second-order valence-electron chi connectivity index (χ2n) is 4.52. The molecule has 1 aromatic heterocycles. The number of halogens is 1. The van der Waals surface area contributed by atoms with Gasteiger partial charge in [-0.3, -0.25) is 0 Å². The highest BCUT2D eigenvalue weighted by Gasteiger charge is 2.36. The first-order valence-corrected chi connectivity index (χ1v) is 6.66. The van der Waals surface area contributed by atoms with Crippen molar-refractivity contribution in [3.63, 3.8) is 0 Å². The van der Waals surface area contributed by atoms with Gasteiger partial charge in [-0.2, -0.15) is 0 Å². The number of hydrogen-bond donors (Lipinski definition) is 1. The number of nitrogens with zero attached hydrogens (tertiary/aromatic N) is 2. The maximum absolute atomic E-state index is 4.19. The van der Waals surface area contributed by atoms with Gasteiger partial charge in [0.15, 0.2) is 0 Å². The fourth-order valence-electron chi connectivity index (χ4n) is 2.61.